The molecule has 0 saturated heterocycles. The van der Waals surface area contributed by atoms with Crippen LogP contribution in [0.1, 0.15) is 11.1 Å². The lowest BCUT2D eigenvalue weighted by atomic mass is 10.2. The quantitative estimate of drug-likeness (QED) is 0.885. The lowest BCUT2D eigenvalue weighted by Gasteiger charge is -2.11. The third kappa shape index (κ3) is 3.20. The summed E-state index contributed by atoms with van der Waals surface area (Å²) in [5, 5.41) is 8.96. The number of halogens is 1. The van der Waals surface area contributed by atoms with E-state index in [1.165, 1.54) is 12.1 Å². The molecule has 106 valence electrons. The number of benzene rings is 2. The molecule has 0 aromatic heterocycles. The van der Waals surface area contributed by atoms with Crippen LogP contribution in [-0.2, 0) is 16.6 Å². The largest absolute Gasteiger partial charge is 0.392 e. The maximum absolute atomic E-state index is 12.3. The maximum atomic E-state index is 12.3. The van der Waals surface area contributed by atoms with Crippen LogP contribution in [0, 0.1) is 6.92 Å². The van der Waals surface area contributed by atoms with E-state index in [1.54, 1.807) is 24.3 Å². The van der Waals surface area contributed by atoms with Gasteiger partial charge in [0, 0.05) is 4.47 Å². The van der Waals surface area contributed by atoms with Crippen molar-refractivity contribution in [3.63, 3.8) is 0 Å². The number of hydrogen-bond donors (Lipinski definition) is 2. The van der Waals surface area contributed by atoms with E-state index in [4.69, 9.17) is 5.11 Å². The van der Waals surface area contributed by atoms with E-state index in [2.05, 4.69) is 20.7 Å². The third-order valence-corrected chi connectivity index (χ3v) is 5.17. The first-order valence-corrected chi connectivity index (χ1v) is 8.19. The molecular weight excluding hydrogens is 342 g/mol. The van der Waals surface area contributed by atoms with E-state index in [9.17, 15) is 8.42 Å². The van der Waals surface area contributed by atoms with Crippen molar-refractivity contribution in [3.05, 3.63) is 58.1 Å². The van der Waals surface area contributed by atoms with Crippen LogP contribution in [-0.4, -0.2) is 13.5 Å². The first-order valence-electron chi connectivity index (χ1n) is 5.92. The van der Waals surface area contributed by atoms with E-state index in [1.807, 2.05) is 13.0 Å². The number of rotatable bonds is 4. The number of aliphatic hydroxyl groups excluding tert-OH is 1. The van der Waals surface area contributed by atoms with Gasteiger partial charge < -0.3 is 5.11 Å². The summed E-state index contributed by atoms with van der Waals surface area (Å²) in [6, 6.07) is 11.4. The Morgan fingerprint density at radius 3 is 2.40 bits per heavy atom. The summed E-state index contributed by atoms with van der Waals surface area (Å²) in [5.41, 5.74) is 2.02. The van der Waals surface area contributed by atoms with Crippen LogP contribution in [0.2, 0.25) is 0 Å². The summed E-state index contributed by atoms with van der Waals surface area (Å²) in [7, 11) is -3.63. The van der Waals surface area contributed by atoms with Crippen LogP contribution in [0.4, 0.5) is 5.69 Å². The average Bonchev–Trinajstić information content (AvgIpc) is 2.44. The molecule has 4 nitrogen and oxygen atoms in total. The van der Waals surface area contributed by atoms with Gasteiger partial charge in [-0.3, -0.25) is 4.72 Å². The minimum atomic E-state index is -3.63. The molecule has 0 saturated carbocycles. The van der Waals surface area contributed by atoms with Gasteiger partial charge in [0.1, 0.15) is 0 Å². The minimum Gasteiger partial charge on any atom is -0.392 e. The molecule has 0 aliphatic heterocycles. The zero-order valence-corrected chi connectivity index (χ0v) is 13.2. The molecule has 0 heterocycles. The normalized spacial score (nSPS) is 11.3. The third-order valence-electron chi connectivity index (χ3n) is 2.93. The van der Waals surface area contributed by atoms with Crippen LogP contribution >= 0.6 is 15.9 Å². The van der Waals surface area contributed by atoms with Gasteiger partial charge in [0.05, 0.1) is 17.2 Å². The first kappa shape index (κ1) is 15.0. The molecule has 2 N–H and O–H groups in total. The molecule has 0 spiro atoms. The Bertz CT molecular complexity index is 712. The van der Waals surface area contributed by atoms with Crippen molar-refractivity contribution in [3.8, 4) is 0 Å². The van der Waals surface area contributed by atoms with Gasteiger partial charge >= 0.3 is 0 Å². The van der Waals surface area contributed by atoms with Crippen LogP contribution in [0.5, 0.6) is 0 Å². The number of anilines is 1. The standard InChI is InChI=1S/C14H14BrNO3S/c1-10-13(15)3-2-4-14(10)16-20(18,19)12-7-5-11(9-17)6-8-12/h2-8,16-17H,9H2,1H3. The Labute approximate surface area is 126 Å². The first-order chi connectivity index (χ1) is 9.44. The molecule has 20 heavy (non-hydrogen) atoms. The summed E-state index contributed by atoms with van der Waals surface area (Å²) in [4.78, 5) is 0.161. The van der Waals surface area contributed by atoms with E-state index < -0.39 is 10.0 Å². The van der Waals surface area contributed by atoms with Gasteiger partial charge in [0.2, 0.25) is 0 Å². The number of hydrogen-bond acceptors (Lipinski definition) is 3. The van der Waals surface area contributed by atoms with Crippen LogP contribution in [0.15, 0.2) is 51.8 Å². The van der Waals surface area contributed by atoms with Crippen molar-refractivity contribution in [2.75, 3.05) is 4.72 Å². The van der Waals surface area contributed by atoms with Gasteiger partial charge in [-0.2, -0.15) is 0 Å². The summed E-state index contributed by atoms with van der Waals surface area (Å²) >= 11 is 3.37. The topological polar surface area (TPSA) is 66.4 Å². The molecular formula is C14H14BrNO3S. The minimum absolute atomic E-state index is 0.113. The highest BCUT2D eigenvalue weighted by atomic mass is 79.9. The number of nitrogens with one attached hydrogen (secondary N) is 1. The monoisotopic (exact) mass is 355 g/mol. The van der Waals surface area contributed by atoms with Crippen molar-refractivity contribution in [2.45, 2.75) is 18.4 Å². The predicted octanol–water partition coefficient (Wildman–Crippen LogP) is 3.05. The molecule has 0 unspecified atom stereocenters. The molecule has 2 aromatic carbocycles. The predicted molar refractivity (Wildman–Crippen MR) is 82.1 cm³/mol. The maximum Gasteiger partial charge on any atom is 0.261 e. The molecule has 0 aliphatic carbocycles. The van der Waals surface area contributed by atoms with Crippen molar-refractivity contribution in [1.82, 2.24) is 0 Å². The molecule has 0 atom stereocenters. The van der Waals surface area contributed by atoms with E-state index in [0.29, 0.717) is 11.3 Å². The Kier molecular flexibility index (Phi) is 4.47. The highest BCUT2D eigenvalue weighted by Crippen LogP contribution is 2.25. The number of aliphatic hydroxyl groups is 1. The molecule has 6 heteroatoms. The fraction of sp³-hybridized carbons (Fsp3) is 0.143. The molecule has 0 radical (unpaired) electrons. The van der Waals surface area contributed by atoms with Crippen LogP contribution < -0.4 is 4.72 Å². The Morgan fingerprint density at radius 1 is 1.15 bits per heavy atom. The highest BCUT2D eigenvalue weighted by Gasteiger charge is 2.15. The summed E-state index contributed by atoms with van der Waals surface area (Å²) in [5.74, 6) is 0. The molecule has 0 amide bonds. The lowest BCUT2D eigenvalue weighted by molar-refractivity contribution is 0.282. The highest BCUT2D eigenvalue weighted by molar-refractivity contribution is 9.10. The van der Waals surface area contributed by atoms with Gasteiger partial charge in [0.15, 0.2) is 0 Å². The van der Waals surface area contributed by atoms with Crippen molar-refractivity contribution in [2.24, 2.45) is 0 Å². The van der Waals surface area contributed by atoms with E-state index >= 15 is 0 Å². The summed E-state index contributed by atoms with van der Waals surface area (Å²) in [6.45, 7) is 1.72. The second-order valence-corrected chi connectivity index (χ2v) is 6.86. The van der Waals surface area contributed by atoms with Crippen LogP contribution in [0.3, 0.4) is 0 Å². The fourth-order valence-electron chi connectivity index (χ4n) is 1.70. The second-order valence-electron chi connectivity index (χ2n) is 4.32. The van der Waals surface area contributed by atoms with Gasteiger partial charge in [0.25, 0.3) is 10.0 Å². The van der Waals surface area contributed by atoms with Gasteiger partial charge in [-0.25, -0.2) is 8.42 Å². The van der Waals surface area contributed by atoms with Gasteiger partial charge in [-0.15, -0.1) is 0 Å². The zero-order chi connectivity index (χ0) is 14.8. The summed E-state index contributed by atoms with van der Waals surface area (Å²) < 4.78 is 28.0. The smallest absolute Gasteiger partial charge is 0.261 e. The van der Waals surface area contributed by atoms with E-state index in [0.717, 1.165) is 10.0 Å². The second kappa shape index (κ2) is 5.95. The van der Waals surface area contributed by atoms with E-state index in [-0.39, 0.29) is 11.5 Å². The summed E-state index contributed by atoms with van der Waals surface area (Å²) in [6.07, 6.45) is 0. The molecule has 0 bridgehead atoms. The molecule has 2 rings (SSSR count). The van der Waals surface area contributed by atoms with Crippen molar-refractivity contribution < 1.29 is 13.5 Å². The SMILES string of the molecule is Cc1c(Br)cccc1NS(=O)(=O)c1ccc(CO)cc1. The Balaban J connectivity index is 2.33. The Morgan fingerprint density at radius 2 is 1.80 bits per heavy atom. The Hall–Kier alpha value is -1.37. The zero-order valence-electron chi connectivity index (χ0n) is 10.8. The number of sulfonamides is 1. The molecule has 0 fully saturated rings. The molecule has 2 aromatic rings. The van der Waals surface area contributed by atoms with Crippen LogP contribution in [0.25, 0.3) is 0 Å². The van der Waals surface area contributed by atoms with Gasteiger partial charge in [-0.05, 0) is 42.3 Å². The molecule has 0 aliphatic rings. The average molecular weight is 356 g/mol. The van der Waals surface area contributed by atoms with Crippen molar-refractivity contribution in [1.29, 1.82) is 0 Å². The lowest BCUT2D eigenvalue weighted by Crippen LogP contribution is -2.13. The fourth-order valence-corrected chi connectivity index (χ4v) is 3.18. The van der Waals surface area contributed by atoms with Crippen molar-refractivity contribution >= 4 is 31.6 Å². The van der Waals surface area contributed by atoms with Gasteiger partial charge in [-0.1, -0.05) is 34.1 Å².